The van der Waals surface area contributed by atoms with Crippen molar-refractivity contribution in [2.75, 3.05) is 5.75 Å². The van der Waals surface area contributed by atoms with Gasteiger partial charge in [0.1, 0.15) is 11.6 Å². The van der Waals surface area contributed by atoms with E-state index in [4.69, 9.17) is 5.84 Å². The Morgan fingerprint density at radius 1 is 1.35 bits per heavy atom. The van der Waals surface area contributed by atoms with Crippen LogP contribution in [0.1, 0.15) is 36.4 Å². The molecule has 4 nitrogen and oxygen atoms in total. The van der Waals surface area contributed by atoms with Crippen LogP contribution in [0.5, 0.6) is 0 Å². The maximum Gasteiger partial charge on any atom is 0.155 e. The molecule has 0 radical (unpaired) electrons. The van der Waals surface area contributed by atoms with Crippen LogP contribution in [0.15, 0.2) is 12.1 Å². The Labute approximate surface area is 117 Å². The summed E-state index contributed by atoms with van der Waals surface area (Å²) < 4.78 is 52.4. The minimum absolute atomic E-state index is 0.0326. The molecule has 2 rings (SSSR count). The molecule has 0 bridgehead atoms. The molecule has 112 valence electrons. The largest absolute Gasteiger partial charge is 0.271 e. The predicted molar refractivity (Wildman–Crippen MR) is 72.6 cm³/mol. The fourth-order valence-electron chi connectivity index (χ4n) is 2.69. The Morgan fingerprint density at radius 3 is 2.65 bits per heavy atom. The van der Waals surface area contributed by atoms with Crippen LogP contribution in [0.3, 0.4) is 0 Å². The second kappa shape index (κ2) is 5.75. The number of hydrazine groups is 1. The van der Waals surface area contributed by atoms with Crippen molar-refractivity contribution in [1.29, 1.82) is 0 Å². The zero-order chi connectivity index (χ0) is 14.9. The maximum atomic E-state index is 14.2. The van der Waals surface area contributed by atoms with Gasteiger partial charge in [-0.2, -0.15) is 0 Å². The topological polar surface area (TPSA) is 72.2 Å². The van der Waals surface area contributed by atoms with Crippen LogP contribution in [0.25, 0.3) is 0 Å². The lowest BCUT2D eigenvalue weighted by atomic mass is 9.97. The first-order valence-corrected chi connectivity index (χ1v) is 8.22. The molecule has 1 fully saturated rings. The van der Waals surface area contributed by atoms with E-state index < -0.39 is 32.8 Å². The summed E-state index contributed by atoms with van der Waals surface area (Å²) in [6, 6.07) is 1.38. The normalized spacial score (nSPS) is 23.5. The molecule has 0 saturated carbocycles. The molecule has 2 unspecified atom stereocenters. The summed E-state index contributed by atoms with van der Waals surface area (Å²) in [7, 11) is -3.41. The van der Waals surface area contributed by atoms with E-state index in [1.165, 1.54) is 13.0 Å². The second-order valence-corrected chi connectivity index (χ2v) is 7.48. The summed E-state index contributed by atoms with van der Waals surface area (Å²) in [6.45, 7) is 1.50. The van der Waals surface area contributed by atoms with E-state index in [9.17, 15) is 17.2 Å². The molecule has 20 heavy (non-hydrogen) atoms. The van der Waals surface area contributed by atoms with Crippen molar-refractivity contribution < 1.29 is 17.2 Å². The van der Waals surface area contributed by atoms with Crippen LogP contribution in [0, 0.1) is 18.6 Å². The molecule has 1 saturated heterocycles. The lowest BCUT2D eigenvalue weighted by Crippen LogP contribution is -2.44. The van der Waals surface area contributed by atoms with Crippen LogP contribution in [0.2, 0.25) is 0 Å². The molecule has 0 spiro atoms. The summed E-state index contributed by atoms with van der Waals surface area (Å²) in [4.78, 5) is 0. The van der Waals surface area contributed by atoms with Crippen molar-refractivity contribution in [3.8, 4) is 0 Å². The van der Waals surface area contributed by atoms with Crippen LogP contribution < -0.4 is 11.3 Å². The molecule has 1 aromatic rings. The lowest BCUT2D eigenvalue weighted by Gasteiger charge is -2.30. The first-order chi connectivity index (χ1) is 9.38. The standard InChI is InChI=1S/C13H18F2N2O2S/c1-8-5-6-9(14)11(12(8)15)13(17-16)10-4-2-3-7-20(10,18)19/h5-6,10,13,17H,2-4,7,16H2,1H3. The molecule has 1 heterocycles. The van der Waals surface area contributed by atoms with E-state index in [0.29, 0.717) is 19.3 Å². The molecule has 2 atom stereocenters. The van der Waals surface area contributed by atoms with E-state index in [1.807, 2.05) is 0 Å². The predicted octanol–water partition coefficient (Wildman–Crippen LogP) is 1.74. The highest BCUT2D eigenvalue weighted by molar-refractivity contribution is 7.92. The highest BCUT2D eigenvalue weighted by atomic mass is 32.2. The molecule has 3 N–H and O–H groups in total. The molecule has 0 aliphatic carbocycles. The third-order valence-electron chi connectivity index (χ3n) is 3.81. The molecular weight excluding hydrogens is 286 g/mol. The number of sulfone groups is 1. The van der Waals surface area contributed by atoms with Crippen molar-refractivity contribution in [1.82, 2.24) is 5.43 Å². The number of benzene rings is 1. The van der Waals surface area contributed by atoms with E-state index >= 15 is 0 Å². The molecule has 1 aliphatic heterocycles. The third-order valence-corrected chi connectivity index (χ3v) is 6.10. The van der Waals surface area contributed by atoms with Gasteiger partial charge < -0.3 is 0 Å². The SMILES string of the molecule is Cc1ccc(F)c(C(NN)C2CCCCS2(=O)=O)c1F. The number of rotatable bonds is 3. The summed E-state index contributed by atoms with van der Waals surface area (Å²) in [6.07, 6.45) is 1.63. The molecule has 1 aliphatic rings. The number of hydrogen-bond acceptors (Lipinski definition) is 4. The minimum atomic E-state index is -3.41. The van der Waals surface area contributed by atoms with E-state index in [-0.39, 0.29) is 16.9 Å². The first-order valence-electron chi connectivity index (χ1n) is 6.50. The number of nitrogens with two attached hydrogens (primary N) is 1. The summed E-state index contributed by atoms with van der Waals surface area (Å²) >= 11 is 0. The Hall–Kier alpha value is -1.05. The number of halogens is 2. The van der Waals surface area contributed by atoms with Crippen molar-refractivity contribution in [2.45, 2.75) is 37.5 Å². The van der Waals surface area contributed by atoms with Gasteiger partial charge in [-0.25, -0.2) is 17.2 Å². The smallest absolute Gasteiger partial charge is 0.155 e. The summed E-state index contributed by atoms with van der Waals surface area (Å²) in [5.41, 5.74) is 2.26. The Balaban J connectivity index is 2.50. The third kappa shape index (κ3) is 2.70. The quantitative estimate of drug-likeness (QED) is 0.659. The number of nitrogens with one attached hydrogen (secondary N) is 1. The minimum Gasteiger partial charge on any atom is -0.271 e. The number of hydrogen-bond donors (Lipinski definition) is 2. The van der Waals surface area contributed by atoms with Crippen LogP contribution in [-0.4, -0.2) is 19.4 Å². The fourth-order valence-corrected chi connectivity index (χ4v) is 4.76. The average Bonchev–Trinajstić information content (AvgIpc) is 2.40. The van der Waals surface area contributed by atoms with Crippen molar-refractivity contribution in [3.63, 3.8) is 0 Å². The van der Waals surface area contributed by atoms with Gasteiger partial charge in [-0.15, -0.1) is 0 Å². The fraction of sp³-hybridized carbons (Fsp3) is 0.538. The highest BCUT2D eigenvalue weighted by Gasteiger charge is 2.38. The van der Waals surface area contributed by atoms with Gasteiger partial charge in [-0.05, 0) is 31.4 Å². The Bertz CT molecular complexity index is 605. The molecule has 1 aromatic carbocycles. The van der Waals surface area contributed by atoms with Gasteiger partial charge in [0.05, 0.1) is 17.0 Å². The lowest BCUT2D eigenvalue weighted by molar-refractivity contribution is 0.421. The molecule has 7 heteroatoms. The van der Waals surface area contributed by atoms with E-state index in [0.717, 1.165) is 6.07 Å². The molecule has 0 aromatic heterocycles. The van der Waals surface area contributed by atoms with Gasteiger partial charge in [0.25, 0.3) is 0 Å². The van der Waals surface area contributed by atoms with Gasteiger partial charge in [0.2, 0.25) is 0 Å². The Kier molecular flexibility index (Phi) is 4.41. The molecular formula is C13H18F2N2O2S. The van der Waals surface area contributed by atoms with Crippen LogP contribution >= 0.6 is 0 Å². The van der Waals surface area contributed by atoms with Crippen LogP contribution in [0.4, 0.5) is 8.78 Å². The van der Waals surface area contributed by atoms with Gasteiger partial charge in [-0.3, -0.25) is 11.3 Å². The number of aryl methyl sites for hydroxylation is 1. The van der Waals surface area contributed by atoms with Crippen LogP contribution in [-0.2, 0) is 9.84 Å². The maximum absolute atomic E-state index is 14.2. The Morgan fingerprint density at radius 2 is 2.05 bits per heavy atom. The summed E-state index contributed by atoms with van der Waals surface area (Å²) in [5.74, 6) is 3.91. The van der Waals surface area contributed by atoms with E-state index in [2.05, 4.69) is 5.43 Å². The van der Waals surface area contributed by atoms with Gasteiger partial charge in [0, 0.05) is 5.56 Å². The van der Waals surface area contributed by atoms with Gasteiger partial charge >= 0.3 is 0 Å². The zero-order valence-corrected chi connectivity index (χ0v) is 12.0. The molecule has 0 amide bonds. The van der Waals surface area contributed by atoms with Crippen molar-refractivity contribution in [2.24, 2.45) is 5.84 Å². The van der Waals surface area contributed by atoms with Crippen molar-refractivity contribution in [3.05, 3.63) is 34.9 Å². The van der Waals surface area contributed by atoms with Gasteiger partial charge in [0.15, 0.2) is 9.84 Å². The van der Waals surface area contributed by atoms with Gasteiger partial charge in [-0.1, -0.05) is 12.5 Å². The zero-order valence-electron chi connectivity index (χ0n) is 11.2. The average molecular weight is 304 g/mol. The van der Waals surface area contributed by atoms with Crippen molar-refractivity contribution >= 4 is 9.84 Å². The first kappa shape index (κ1) is 15.3. The second-order valence-electron chi connectivity index (χ2n) is 5.14. The van der Waals surface area contributed by atoms with E-state index in [1.54, 1.807) is 0 Å². The highest BCUT2D eigenvalue weighted by Crippen LogP contribution is 2.33. The summed E-state index contributed by atoms with van der Waals surface area (Å²) in [5, 5.41) is -0.896. The monoisotopic (exact) mass is 304 g/mol.